The molecule has 1 aliphatic heterocycles. The minimum absolute atomic E-state index is 0.194. The molecule has 1 fully saturated rings. The van der Waals surface area contributed by atoms with E-state index in [1.165, 1.54) is 4.88 Å². The van der Waals surface area contributed by atoms with E-state index in [1.54, 1.807) is 11.3 Å². The van der Waals surface area contributed by atoms with Crippen LogP contribution in [0.3, 0.4) is 0 Å². The summed E-state index contributed by atoms with van der Waals surface area (Å²) in [4.78, 5) is 21.3. The number of hydrogen-bond donors (Lipinski definition) is 2. The Bertz CT molecular complexity index is 597. The maximum absolute atomic E-state index is 11.9. The van der Waals surface area contributed by atoms with E-state index in [1.807, 2.05) is 0 Å². The number of nitrogens with two attached hydrogens (primary N) is 1. The van der Waals surface area contributed by atoms with Gasteiger partial charge in [-0.1, -0.05) is 13.8 Å². The number of hydrogen-bond acceptors (Lipinski definition) is 5. The maximum Gasteiger partial charge on any atom is 0.337 e. The number of rotatable bonds is 5. The third-order valence-corrected chi connectivity index (χ3v) is 6.47. The Morgan fingerprint density at radius 1 is 1.52 bits per heavy atom. The molecule has 23 heavy (non-hydrogen) atoms. The van der Waals surface area contributed by atoms with Gasteiger partial charge in [-0.15, -0.1) is 11.3 Å². The van der Waals surface area contributed by atoms with Crippen LogP contribution in [0, 0.1) is 5.41 Å². The first-order valence-electron chi connectivity index (χ1n) is 8.34. The van der Waals surface area contributed by atoms with Crippen molar-refractivity contribution in [2.75, 3.05) is 13.2 Å². The second kappa shape index (κ2) is 6.51. The molecule has 5 nitrogen and oxygen atoms in total. The predicted octanol–water partition coefficient (Wildman–Crippen LogP) is 2.82. The number of nitrogens with zero attached hydrogens (tertiary/aromatic N) is 1. The fourth-order valence-electron chi connectivity index (χ4n) is 3.92. The highest BCUT2D eigenvalue weighted by molar-refractivity contribution is 7.12. The third-order valence-electron chi connectivity index (χ3n) is 5.20. The predicted molar refractivity (Wildman–Crippen MR) is 90.7 cm³/mol. The number of likely N-dealkylation sites (tertiary alicyclic amines) is 1. The number of carbonyl (C=O) groups is 1. The van der Waals surface area contributed by atoms with Crippen LogP contribution in [0.5, 0.6) is 0 Å². The molecule has 2 aliphatic rings. The van der Waals surface area contributed by atoms with E-state index in [2.05, 4.69) is 18.7 Å². The number of thiophene rings is 1. The van der Waals surface area contributed by atoms with Crippen LogP contribution >= 0.6 is 11.3 Å². The summed E-state index contributed by atoms with van der Waals surface area (Å²) < 4.78 is 0. The lowest BCUT2D eigenvalue weighted by Gasteiger charge is -2.29. The molecule has 0 aromatic carbocycles. The molecule has 0 amide bonds. The SMILES string of the molecule is CC1(C)CCc2sc(CN3CCC[C@H]3CON)c(C(=O)O)c2C1. The van der Waals surface area contributed by atoms with Gasteiger partial charge in [0.2, 0.25) is 0 Å². The summed E-state index contributed by atoms with van der Waals surface area (Å²) in [5.74, 6) is 4.46. The molecule has 0 unspecified atom stereocenters. The molecule has 0 bridgehead atoms. The second-order valence-corrected chi connectivity index (χ2v) is 8.74. The molecule has 3 rings (SSSR count). The Labute approximate surface area is 141 Å². The van der Waals surface area contributed by atoms with E-state index >= 15 is 0 Å². The number of fused-ring (bicyclic) bond motifs is 1. The minimum Gasteiger partial charge on any atom is -0.478 e. The zero-order valence-electron chi connectivity index (χ0n) is 13.9. The summed E-state index contributed by atoms with van der Waals surface area (Å²) in [5.41, 5.74) is 1.84. The molecular formula is C17H26N2O3S. The standard InChI is InChI=1S/C17H26N2O3S/c1-17(2)6-5-13-12(8-17)15(16(20)21)14(23-13)9-19-7-3-4-11(19)10-22-18/h11H,3-10,18H2,1-2H3,(H,20,21)/t11-/m0/s1. The molecule has 1 aromatic rings. The Morgan fingerprint density at radius 2 is 2.30 bits per heavy atom. The van der Waals surface area contributed by atoms with E-state index in [-0.39, 0.29) is 5.41 Å². The Morgan fingerprint density at radius 3 is 3.00 bits per heavy atom. The molecule has 1 aliphatic carbocycles. The molecule has 1 saturated heterocycles. The van der Waals surface area contributed by atoms with Gasteiger partial charge in [0.25, 0.3) is 0 Å². The first-order chi connectivity index (χ1) is 10.9. The highest BCUT2D eigenvalue weighted by atomic mass is 32.1. The maximum atomic E-state index is 11.9. The second-order valence-electron chi connectivity index (χ2n) is 7.55. The normalized spacial score (nSPS) is 23.9. The van der Waals surface area contributed by atoms with Gasteiger partial charge >= 0.3 is 5.97 Å². The lowest BCUT2D eigenvalue weighted by molar-refractivity contribution is 0.0683. The van der Waals surface area contributed by atoms with Gasteiger partial charge in [-0.25, -0.2) is 10.7 Å². The van der Waals surface area contributed by atoms with Crippen LogP contribution in [0.25, 0.3) is 0 Å². The van der Waals surface area contributed by atoms with Crippen LogP contribution in [0.4, 0.5) is 0 Å². The van der Waals surface area contributed by atoms with Crippen molar-refractivity contribution in [3.8, 4) is 0 Å². The summed E-state index contributed by atoms with van der Waals surface area (Å²) in [6.45, 7) is 6.66. The van der Waals surface area contributed by atoms with Gasteiger partial charge in [-0.3, -0.25) is 4.90 Å². The number of aryl methyl sites for hydroxylation is 1. The summed E-state index contributed by atoms with van der Waals surface area (Å²) >= 11 is 1.70. The smallest absolute Gasteiger partial charge is 0.337 e. The number of carboxylic acid groups (broad SMARTS) is 1. The first-order valence-corrected chi connectivity index (χ1v) is 9.15. The average Bonchev–Trinajstić information content (AvgIpc) is 3.03. The van der Waals surface area contributed by atoms with E-state index in [9.17, 15) is 9.90 Å². The van der Waals surface area contributed by atoms with Gasteiger partial charge in [-0.2, -0.15) is 0 Å². The lowest BCUT2D eigenvalue weighted by Crippen LogP contribution is -2.33. The van der Waals surface area contributed by atoms with Gasteiger partial charge in [0, 0.05) is 22.3 Å². The van der Waals surface area contributed by atoms with E-state index in [0.717, 1.165) is 49.1 Å². The quantitative estimate of drug-likeness (QED) is 0.808. The van der Waals surface area contributed by atoms with E-state index in [4.69, 9.17) is 10.7 Å². The zero-order valence-corrected chi connectivity index (χ0v) is 14.7. The molecule has 6 heteroatoms. The first kappa shape index (κ1) is 16.9. The Hall–Kier alpha value is -0.950. The monoisotopic (exact) mass is 338 g/mol. The summed E-state index contributed by atoms with van der Waals surface area (Å²) in [6, 6.07) is 0.303. The molecule has 0 saturated carbocycles. The van der Waals surface area contributed by atoms with Gasteiger partial charge in [0.05, 0.1) is 12.2 Å². The molecule has 2 heterocycles. The third kappa shape index (κ3) is 3.45. The van der Waals surface area contributed by atoms with Crippen molar-refractivity contribution < 1.29 is 14.7 Å². The fraction of sp³-hybridized carbons (Fsp3) is 0.706. The van der Waals surface area contributed by atoms with Gasteiger partial charge in [0.15, 0.2) is 0 Å². The Kier molecular flexibility index (Phi) is 4.78. The minimum atomic E-state index is -0.777. The van der Waals surface area contributed by atoms with E-state index < -0.39 is 5.97 Å². The number of aromatic carboxylic acids is 1. The van der Waals surface area contributed by atoms with Crippen molar-refractivity contribution >= 4 is 17.3 Å². The summed E-state index contributed by atoms with van der Waals surface area (Å²) in [6.07, 6.45) is 5.19. The lowest BCUT2D eigenvalue weighted by atomic mass is 9.76. The Balaban J connectivity index is 1.88. The van der Waals surface area contributed by atoms with Gasteiger partial charge < -0.3 is 9.94 Å². The highest BCUT2D eigenvalue weighted by Gasteiger charge is 2.34. The van der Waals surface area contributed by atoms with Crippen molar-refractivity contribution in [2.24, 2.45) is 11.3 Å². The molecule has 1 atom stereocenters. The van der Waals surface area contributed by atoms with Crippen molar-refractivity contribution in [1.29, 1.82) is 0 Å². The van der Waals surface area contributed by atoms with Crippen molar-refractivity contribution in [3.05, 3.63) is 20.9 Å². The zero-order chi connectivity index (χ0) is 16.6. The number of carboxylic acids is 1. The van der Waals surface area contributed by atoms with Crippen molar-refractivity contribution in [2.45, 2.75) is 58.5 Å². The van der Waals surface area contributed by atoms with Crippen LogP contribution in [-0.4, -0.2) is 35.2 Å². The molecule has 128 valence electrons. The fourth-order valence-corrected chi connectivity index (χ4v) is 5.27. The van der Waals surface area contributed by atoms with Crippen molar-refractivity contribution in [3.63, 3.8) is 0 Å². The van der Waals surface area contributed by atoms with Crippen LogP contribution in [0.1, 0.15) is 58.8 Å². The van der Waals surface area contributed by atoms with Crippen LogP contribution in [0.2, 0.25) is 0 Å². The van der Waals surface area contributed by atoms with Crippen LogP contribution in [-0.2, 0) is 24.2 Å². The molecule has 0 radical (unpaired) electrons. The van der Waals surface area contributed by atoms with Crippen LogP contribution < -0.4 is 5.90 Å². The van der Waals surface area contributed by atoms with Crippen LogP contribution in [0.15, 0.2) is 0 Å². The molecule has 3 N–H and O–H groups in total. The summed E-state index contributed by atoms with van der Waals surface area (Å²) in [7, 11) is 0. The molecule has 0 spiro atoms. The van der Waals surface area contributed by atoms with Crippen molar-refractivity contribution in [1.82, 2.24) is 4.90 Å². The van der Waals surface area contributed by atoms with E-state index in [0.29, 0.717) is 24.8 Å². The molecule has 1 aromatic heterocycles. The summed E-state index contributed by atoms with van der Waals surface area (Å²) in [5, 5.41) is 9.77. The highest BCUT2D eigenvalue weighted by Crippen LogP contribution is 2.42. The average molecular weight is 338 g/mol. The molecular weight excluding hydrogens is 312 g/mol. The van der Waals surface area contributed by atoms with Gasteiger partial charge in [0.1, 0.15) is 0 Å². The topological polar surface area (TPSA) is 75.8 Å². The van der Waals surface area contributed by atoms with Gasteiger partial charge in [-0.05, 0) is 49.6 Å². The largest absolute Gasteiger partial charge is 0.478 e.